The molecule has 0 aliphatic heterocycles. The molecule has 1 unspecified atom stereocenters. The standard InChI is InChI=1S/C24H30Br2O2/c1-4-16-13-23(5-2,6-3)15-24(14-16,17-7-9-21(27)19(25)11-17)18-8-10-22(28)20(26)12-18/h7-12,16,27-28H,4-6,13-15H2,1-3H3. The third-order valence-electron chi connectivity index (χ3n) is 7.11. The molecule has 2 aromatic carbocycles. The van der Waals surface area contributed by atoms with Crippen LogP contribution in [0.25, 0.3) is 0 Å². The maximum Gasteiger partial charge on any atom is 0.129 e. The van der Waals surface area contributed by atoms with Crippen LogP contribution in [0.3, 0.4) is 0 Å². The molecule has 0 aromatic heterocycles. The molecule has 0 bridgehead atoms. The molecule has 1 aliphatic rings. The second kappa shape index (κ2) is 8.39. The average Bonchev–Trinajstić information content (AvgIpc) is 2.71. The van der Waals surface area contributed by atoms with Gasteiger partial charge in [-0.15, -0.1) is 0 Å². The summed E-state index contributed by atoms with van der Waals surface area (Å²) in [6.07, 6.45) is 6.94. The Morgan fingerprint density at radius 3 is 1.75 bits per heavy atom. The van der Waals surface area contributed by atoms with E-state index >= 15 is 0 Å². The Kier molecular flexibility index (Phi) is 6.51. The number of halogens is 2. The first-order valence-corrected chi connectivity index (χ1v) is 11.9. The van der Waals surface area contributed by atoms with Gasteiger partial charge in [-0.05, 0) is 97.8 Å². The molecule has 1 fully saturated rings. The van der Waals surface area contributed by atoms with Gasteiger partial charge in [-0.3, -0.25) is 0 Å². The van der Waals surface area contributed by atoms with E-state index in [9.17, 15) is 10.2 Å². The summed E-state index contributed by atoms with van der Waals surface area (Å²) in [5.41, 5.74) is 2.63. The van der Waals surface area contributed by atoms with Crippen LogP contribution in [-0.4, -0.2) is 10.2 Å². The number of phenols is 2. The highest BCUT2D eigenvalue weighted by atomic mass is 79.9. The van der Waals surface area contributed by atoms with Crippen LogP contribution in [0, 0.1) is 11.3 Å². The molecule has 0 amide bonds. The lowest BCUT2D eigenvalue weighted by atomic mass is 9.52. The molecule has 0 spiro atoms. The highest BCUT2D eigenvalue weighted by molar-refractivity contribution is 9.10. The van der Waals surface area contributed by atoms with Gasteiger partial charge in [-0.25, -0.2) is 0 Å². The lowest BCUT2D eigenvalue weighted by Gasteiger charge is -2.52. The first-order chi connectivity index (χ1) is 13.3. The van der Waals surface area contributed by atoms with Gasteiger partial charge < -0.3 is 10.2 Å². The van der Waals surface area contributed by atoms with E-state index in [1.807, 2.05) is 0 Å². The predicted molar refractivity (Wildman–Crippen MR) is 123 cm³/mol. The molecule has 1 atom stereocenters. The number of hydrogen-bond donors (Lipinski definition) is 2. The fourth-order valence-corrected chi connectivity index (χ4v) is 6.01. The van der Waals surface area contributed by atoms with E-state index in [0.717, 1.165) is 21.8 Å². The van der Waals surface area contributed by atoms with E-state index in [-0.39, 0.29) is 16.9 Å². The third-order valence-corrected chi connectivity index (χ3v) is 8.38. The van der Waals surface area contributed by atoms with Crippen LogP contribution in [0.4, 0.5) is 0 Å². The van der Waals surface area contributed by atoms with E-state index in [0.29, 0.717) is 11.3 Å². The summed E-state index contributed by atoms with van der Waals surface area (Å²) < 4.78 is 1.47. The van der Waals surface area contributed by atoms with Gasteiger partial charge in [0, 0.05) is 5.41 Å². The average molecular weight is 510 g/mol. The minimum absolute atomic E-state index is 0.141. The molecule has 1 saturated carbocycles. The van der Waals surface area contributed by atoms with E-state index < -0.39 is 0 Å². The molecule has 4 heteroatoms. The van der Waals surface area contributed by atoms with Crippen LogP contribution in [0.15, 0.2) is 45.3 Å². The molecule has 0 heterocycles. The van der Waals surface area contributed by atoms with Crippen LogP contribution < -0.4 is 0 Å². The zero-order chi connectivity index (χ0) is 20.5. The van der Waals surface area contributed by atoms with Crippen molar-refractivity contribution in [3.8, 4) is 11.5 Å². The zero-order valence-electron chi connectivity index (χ0n) is 16.9. The Morgan fingerprint density at radius 1 is 0.857 bits per heavy atom. The van der Waals surface area contributed by atoms with Crippen LogP contribution in [0.5, 0.6) is 11.5 Å². The van der Waals surface area contributed by atoms with E-state index in [2.05, 4.69) is 76.9 Å². The maximum atomic E-state index is 10.1. The molecule has 152 valence electrons. The van der Waals surface area contributed by atoms with Crippen molar-refractivity contribution in [2.24, 2.45) is 11.3 Å². The Morgan fingerprint density at radius 2 is 1.36 bits per heavy atom. The minimum atomic E-state index is -0.141. The Hall–Kier alpha value is -1.00. The molecule has 1 aliphatic carbocycles. The SMILES string of the molecule is CCC1CC(CC)(CC)CC(c2ccc(O)c(Br)c2)(c2ccc(O)c(Br)c2)C1. The largest absolute Gasteiger partial charge is 0.507 e. The number of aromatic hydroxyl groups is 2. The Labute approximate surface area is 185 Å². The topological polar surface area (TPSA) is 40.5 Å². The van der Waals surface area contributed by atoms with Crippen LogP contribution >= 0.6 is 31.9 Å². The van der Waals surface area contributed by atoms with Gasteiger partial charge in [0.2, 0.25) is 0 Å². The summed E-state index contributed by atoms with van der Waals surface area (Å²) in [4.78, 5) is 0. The lowest BCUT2D eigenvalue weighted by Crippen LogP contribution is -2.43. The quantitative estimate of drug-likeness (QED) is 0.429. The van der Waals surface area contributed by atoms with Crippen molar-refractivity contribution in [3.63, 3.8) is 0 Å². The first kappa shape index (κ1) is 21.7. The van der Waals surface area contributed by atoms with Crippen LogP contribution in [-0.2, 0) is 5.41 Å². The Balaban J connectivity index is 2.26. The molecule has 0 saturated heterocycles. The van der Waals surface area contributed by atoms with Crippen molar-refractivity contribution in [3.05, 3.63) is 56.5 Å². The first-order valence-electron chi connectivity index (χ1n) is 10.3. The predicted octanol–water partition coefficient (Wildman–Crippen LogP) is 7.93. The summed E-state index contributed by atoms with van der Waals surface area (Å²) in [7, 11) is 0. The summed E-state index contributed by atoms with van der Waals surface area (Å²) in [5, 5.41) is 20.2. The van der Waals surface area contributed by atoms with Crippen molar-refractivity contribution < 1.29 is 10.2 Å². The van der Waals surface area contributed by atoms with Gasteiger partial charge in [-0.2, -0.15) is 0 Å². The molecule has 2 N–H and O–H groups in total. The summed E-state index contributed by atoms with van der Waals surface area (Å²) in [6, 6.07) is 11.9. The zero-order valence-corrected chi connectivity index (χ0v) is 20.1. The second-order valence-corrected chi connectivity index (χ2v) is 10.2. The fourth-order valence-electron chi connectivity index (χ4n) is 5.25. The van der Waals surface area contributed by atoms with E-state index in [1.54, 1.807) is 12.1 Å². The molecular formula is C24H30Br2O2. The van der Waals surface area contributed by atoms with Gasteiger partial charge in [0.15, 0.2) is 0 Å². The minimum Gasteiger partial charge on any atom is -0.507 e. The molecular weight excluding hydrogens is 480 g/mol. The van der Waals surface area contributed by atoms with E-state index in [4.69, 9.17) is 0 Å². The maximum absolute atomic E-state index is 10.1. The fraction of sp³-hybridized carbons (Fsp3) is 0.500. The molecule has 2 nitrogen and oxygen atoms in total. The lowest BCUT2D eigenvalue weighted by molar-refractivity contribution is 0.0734. The highest BCUT2D eigenvalue weighted by Crippen LogP contribution is 2.57. The number of benzene rings is 2. The van der Waals surface area contributed by atoms with Crippen molar-refractivity contribution >= 4 is 31.9 Å². The van der Waals surface area contributed by atoms with E-state index in [1.165, 1.54) is 36.8 Å². The third kappa shape index (κ3) is 3.87. The van der Waals surface area contributed by atoms with Gasteiger partial charge in [-0.1, -0.05) is 52.2 Å². The van der Waals surface area contributed by atoms with Crippen LogP contribution in [0.2, 0.25) is 0 Å². The number of phenolic OH excluding ortho intramolecular Hbond substituents is 2. The highest BCUT2D eigenvalue weighted by Gasteiger charge is 2.48. The summed E-state index contributed by atoms with van der Waals surface area (Å²) in [5.74, 6) is 1.19. The van der Waals surface area contributed by atoms with Crippen LogP contribution in [0.1, 0.15) is 70.4 Å². The second-order valence-electron chi connectivity index (χ2n) is 8.48. The smallest absolute Gasteiger partial charge is 0.129 e. The number of rotatable bonds is 5. The van der Waals surface area contributed by atoms with Gasteiger partial charge in [0.05, 0.1) is 8.95 Å². The molecule has 3 rings (SSSR count). The van der Waals surface area contributed by atoms with Gasteiger partial charge in [0.25, 0.3) is 0 Å². The normalized spacial score (nSPS) is 20.8. The molecule has 0 radical (unpaired) electrons. The molecule has 2 aromatic rings. The van der Waals surface area contributed by atoms with Gasteiger partial charge >= 0.3 is 0 Å². The van der Waals surface area contributed by atoms with Crippen molar-refractivity contribution in [1.29, 1.82) is 0 Å². The summed E-state index contributed by atoms with van der Waals surface area (Å²) in [6.45, 7) is 6.95. The van der Waals surface area contributed by atoms with Crippen molar-refractivity contribution in [2.75, 3.05) is 0 Å². The van der Waals surface area contributed by atoms with Crippen molar-refractivity contribution in [2.45, 2.75) is 64.7 Å². The van der Waals surface area contributed by atoms with Crippen molar-refractivity contribution in [1.82, 2.24) is 0 Å². The monoisotopic (exact) mass is 508 g/mol. The van der Waals surface area contributed by atoms with Gasteiger partial charge in [0.1, 0.15) is 11.5 Å². The molecule has 28 heavy (non-hydrogen) atoms. The summed E-state index contributed by atoms with van der Waals surface area (Å²) >= 11 is 7.06. The number of hydrogen-bond acceptors (Lipinski definition) is 2. The Bertz CT molecular complexity index is 791.